The molecule has 0 fully saturated rings. The molecule has 0 bridgehead atoms. The molecule has 0 aliphatic rings. The van der Waals surface area contributed by atoms with Gasteiger partial charge in [-0.15, -0.1) is 11.6 Å². The molecule has 194 valence electrons. The van der Waals surface area contributed by atoms with E-state index in [1.807, 2.05) is 50.2 Å². The molecule has 0 aliphatic carbocycles. The molecule has 0 aromatic heterocycles. The van der Waals surface area contributed by atoms with Crippen molar-refractivity contribution in [2.75, 3.05) is 5.88 Å². The van der Waals surface area contributed by atoms with Gasteiger partial charge in [0, 0.05) is 6.42 Å². The van der Waals surface area contributed by atoms with Gasteiger partial charge < -0.3 is 21.1 Å². The Bertz CT molecular complexity index is 1000. The van der Waals surface area contributed by atoms with Crippen molar-refractivity contribution in [3.05, 3.63) is 71.8 Å². The fourth-order valence-corrected chi connectivity index (χ4v) is 3.83. The number of alkyl halides is 1. The molecule has 8 nitrogen and oxygen atoms in total. The summed E-state index contributed by atoms with van der Waals surface area (Å²) >= 11 is 5.63. The van der Waals surface area contributed by atoms with Crippen LogP contribution in [-0.4, -0.2) is 52.8 Å². The fraction of sp³-hybridized carbons (Fsp3) is 0.407. The number of halogens is 1. The van der Waals surface area contributed by atoms with Crippen LogP contribution in [0.5, 0.6) is 0 Å². The molecule has 9 heteroatoms. The molecule has 0 spiro atoms. The highest BCUT2D eigenvalue weighted by Gasteiger charge is 2.30. The minimum absolute atomic E-state index is 0.0404. The van der Waals surface area contributed by atoms with Gasteiger partial charge in [0.2, 0.25) is 17.7 Å². The van der Waals surface area contributed by atoms with E-state index >= 15 is 0 Å². The van der Waals surface area contributed by atoms with E-state index in [9.17, 15) is 24.3 Å². The van der Waals surface area contributed by atoms with Crippen LogP contribution in [0.4, 0.5) is 0 Å². The summed E-state index contributed by atoms with van der Waals surface area (Å²) in [6.07, 6.45) is 1.24. The largest absolute Gasteiger partial charge is 0.480 e. The van der Waals surface area contributed by atoms with Crippen LogP contribution in [0.15, 0.2) is 60.7 Å². The Hall–Kier alpha value is -3.39. The van der Waals surface area contributed by atoms with E-state index in [2.05, 4.69) is 16.0 Å². The SMILES string of the molecule is CC(C)C[C@H](NC(=O)[C@H](CCc1ccccc1)NC(=O)CCl)C(=O)N[C@@H](Cc1ccccc1)C(=O)O. The highest BCUT2D eigenvalue weighted by atomic mass is 35.5. The van der Waals surface area contributed by atoms with Crippen LogP contribution < -0.4 is 16.0 Å². The second-order valence-corrected chi connectivity index (χ2v) is 9.33. The zero-order valence-corrected chi connectivity index (χ0v) is 21.3. The lowest BCUT2D eigenvalue weighted by Gasteiger charge is -2.25. The van der Waals surface area contributed by atoms with Crippen molar-refractivity contribution < 1.29 is 24.3 Å². The first-order valence-corrected chi connectivity index (χ1v) is 12.5. The summed E-state index contributed by atoms with van der Waals surface area (Å²) in [5.41, 5.74) is 1.76. The normalized spacial score (nSPS) is 13.3. The molecule has 0 radical (unpaired) electrons. The predicted molar refractivity (Wildman–Crippen MR) is 139 cm³/mol. The minimum Gasteiger partial charge on any atom is -0.480 e. The quantitative estimate of drug-likeness (QED) is 0.288. The smallest absolute Gasteiger partial charge is 0.326 e. The maximum absolute atomic E-state index is 13.2. The molecule has 2 rings (SSSR count). The van der Waals surface area contributed by atoms with E-state index in [0.29, 0.717) is 19.3 Å². The van der Waals surface area contributed by atoms with Crippen molar-refractivity contribution in [3.8, 4) is 0 Å². The molecule has 0 saturated carbocycles. The molecule has 2 aromatic rings. The number of hydrogen-bond donors (Lipinski definition) is 4. The van der Waals surface area contributed by atoms with Gasteiger partial charge in [-0.1, -0.05) is 74.5 Å². The van der Waals surface area contributed by atoms with E-state index in [4.69, 9.17) is 11.6 Å². The monoisotopic (exact) mass is 515 g/mol. The third kappa shape index (κ3) is 10.1. The number of carbonyl (C=O) groups excluding carboxylic acids is 3. The number of aliphatic carboxylic acids is 1. The molecule has 3 amide bonds. The standard InChI is InChI=1S/C27H34ClN3O5/c1-18(2)15-22(26(34)31-23(27(35)36)16-20-11-7-4-8-12-20)30-25(33)21(29-24(32)17-28)14-13-19-9-5-3-6-10-19/h3-12,18,21-23H,13-17H2,1-2H3,(H,29,32)(H,30,33)(H,31,34)(H,35,36)/t21-,22-,23-/m0/s1. The van der Waals surface area contributed by atoms with Gasteiger partial charge in [0.05, 0.1) is 0 Å². The third-order valence-electron chi connectivity index (χ3n) is 5.57. The lowest BCUT2D eigenvalue weighted by molar-refractivity contribution is -0.142. The Labute approximate surface area is 216 Å². The molecule has 4 N–H and O–H groups in total. The van der Waals surface area contributed by atoms with Crippen molar-refractivity contribution in [1.82, 2.24) is 16.0 Å². The van der Waals surface area contributed by atoms with Crippen molar-refractivity contribution in [2.45, 2.75) is 57.7 Å². The van der Waals surface area contributed by atoms with Crippen molar-refractivity contribution in [2.24, 2.45) is 5.92 Å². The molecule has 36 heavy (non-hydrogen) atoms. The number of aryl methyl sites for hydroxylation is 1. The van der Waals surface area contributed by atoms with E-state index in [0.717, 1.165) is 11.1 Å². The number of carbonyl (C=O) groups is 4. The van der Waals surface area contributed by atoms with Gasteiger partial charge in [-0.05, 0) is 36.3 Å². The van der Waals surface area contributed by atoms with Crippen LogP contribution >= 0.6 is 11.6 Å². The van der Waals surface area contributed by atoms with Gasteiger partial charge >= 0.3 is 5.97 Å². The summed E-state index contributed by atoms with van der Waals surface area (Å²) in [6, 6.07) is 15.5. The first kappa shape index (κ1) is 28.8. The summed E-state index contributed by atoms with van der Waals surface area (Å²) in [5.74, 6) is -3.05. The summed E-state index contributed by atoms with van der Waals surface area (Å²) in [4.78, 5) is 50.0. The van der Waals surface area contributed by atoms with Crippen LogP contribution in [0.3, 0.4) is 0 Å². The van der Waals surface area contributed by atoms with Crippen LogP contribution in [-0.2, 0) is 32.0 Å². The molecular weight excluding hydrogens is 482 g/mol. The van der Waals surface area contributed by atoms with Crippen molar-refractivity contribution in [3.63, 3.8) is 0 Å². The van der Waals surface area contributed by atoms with Gasteiger partial charge in [0.25, 0.3) is 0 Å². The lowest BCUT2D eigenvalue weighted by Crippen LogP contribution is -2.56. The third-order valence-corrected chi connectivity index (χ3v) is 5.82. The fourth-order valence-electron chi connectivity index (χ4n) is 3.75. The Balaban J connectivity index is 2.13. The van der Waals surface area contributed by atoms with Gasteiger partial charge in [-0.3, -0.25) is 14.4 Å². The average molecular weight is 516 g/mol. The Morgan fingerprint density at radius 2 is 1.31 bits per heavy atom. The Morgan fingerprint density at radius 1 is 0.778 bits per heavy atom. The number of hydrogen-bond acceptors (Lipinski definition) is 4. The lowest BCUT2D eigenvalue weighted by atomic mass is 10.00. The van der Waals surface area contributed by atoms with Gasteiger partial charge in [0.15, 0.2) is 0 Å². The zero-order valence-electron chi connectivity index (χ0n) is 20.6. The molecule has 2 aromatic carbocycles. The summed E-state index contributed by atoms with van der Waals surface area (Å²) in [5, 5.41) is 17.6. The molecule has 0 saturated heterocycles. The highest BCUT2D eigenvalue weighted by molar-refractivity contribution is 6.27. The van der Waals surface area contributed by atoms with Crippen molar-refractivity contribution in [1.29, 1.82) is 0 Å². The zero-order chi connectivity index (χ0) is 26.5. The van der Waals surface area contributed by atoms with Gasteiger partial charge in [-0.2, -0.15) is 0 Å². The van der Waals surface area contributed by atoms with Crippen LogP contribution in [0.1, 0.15) is 37.8 Å². The van der Waals surface area contributed by atoms with E-state index in [1.165, 1.54) is 0 Å². The van der Waals surface area contributed by atoms with E-state index in [-0.39, 0.29) is 18.2 Å². The average Bonchev–Trinajstić information content (AvgIpc) is 2.86. The molecule has 0 unspecified atom stereocenters. The number of nitrogens with one attached hydrogen (secondary N) is 3. The Morgan fingerprint density at radius 3 is 1.83 bits per heavy atom. The predicted octanol–water partition coefficient (Wildman–Crippen LogP) is 2.69. The molecule has 3 atom stereocenters. The minimum atomic E-state index is -1.17. The van der Waals surface area contributed by atoms with Crippen LogP contribution in [0, 0.1) is 5.92 Å². The van der Waals surface area contributed by atoms with Crippen LogP contribution in [0.2, 0.25) is 0 Å². The Kier molecular flexibility index (Phi) is 11.9. The van der Waals surface area contributed by atoms with Crippen LogP contribution in [0.25, 0.3) is 0 Å². The van der Waals surface area contributed by atoms with E-state index < -0.39 is 41.8 Å². The molecule has 0 aliphatic heterocycles. The number of benzene rings is 2. The molecule has 0 heterocycles. The van der Waals surface area contributed by atoms with Crippen molar-refractivity contribution >= 4 is 35.3 Å². The number of carboxylic acid groups (broad SMARTS) is 1. The van der Waals surface area contributed by atoms with Gasteiger partial charge in [0.1, 0.15) is 24.0 Å². The second kappa shape index (κ2) is 14.9. The summed E-state index contributed by atoms with van der Waals surface area (Å²) in [6.45, 7) is 3.79. The van der Waals surface area contributed by atoms with E-state index in [1.54, 1.807) is 24.3 Å². The maximum atomic E-state index is 13.2. The number of amides is 3. The van der Waals surface area contributed by atoms with Gasteiger partial charge in [-0.25, -0.2) is 4.79 Å². The highest BCUT2D eigenvalue weighted by Crippen LogP contribution is 2.10. The first-order valence-electron chi connectivity index (χ1n) is 12.0. The summed E-state index contributed by atoms with van der Waals surface area (Å²) < 4.78 is 0. The second-order valence-electron chi connectivity index (χ2n) is 9.06. The first-order chi connectivity index (χ1) is 17.2. The molecular formula is C27H34ClN3O5. The topological polar surface area (TPSA) is 125 Å². The summed E-state index contributed by atoms with van der Waals surface area (Å²) in [7, 11) is 0. The number of carboxylic acids is 1. The number of rotatable bonds is 14. The maximum Gasteiger partial charge on any atom is 0.326 e.